The maximum absolute atomic E-state index is 13.6. The molecule has 1 aromatic heterocycles. The molecule has 1 amide bonds. The molecule has 0 radical (unpaired) electrons. The fourth-order valence-corrected chi connectivity index (χ4v) is 5.01. The van der Waals surface area contributed by atoms with Gasteiger partial charge in [0.1, 0.15) is 16.8 Å². The Bertz CT molecular complexity index is 1110. The van der Waals surface area contributed by atoms with Crippen LogP contribution in [0.3, 0.4) is 0 Å². The van der Waals surface area contributed by atoms with Crippen LogP contribution in [-0.2, 0) is 16.5 Å². The number of hydrogen-bond donors (Lipinski definition) is 3. The second-order valence-corrected chi connectivity index (χ2v) is 8.93. The van der Waals surface area contributed by atoms with E-state index in [1.807, 2.05) is 34.6 Å². The minimum absolute atomic E-state index is 0.132. The minimum atomic E-state index is -1.46. The Morgan fingerprint density at radius 1 is 1.06 bits per heavy atom. The van der Waals surface area contributed by atoms with Crippen molar-refractivity contribution >= 4 is 22.8 Å². The van der Waals surface area contributed by atoms with Gasteiger partial charge in [-0.2, -0.15) is 0 Å². The molecule has 2 aromatic carbocycles. The van der Waals surface area contributed by atoms with Gasteiger partial charge in [-0.1, -0.05) is 36.4 Å². The second kappa shape index (κ2) is 9.51. The Morgan fingerprint density at radius 2 is 1.75 bits per heavy atom. The normalized spacial score (nSPS) is 16.8. The fourth-order valence-electron chi connectivity index (χ4n) is 3.79. The number of amides is 1. The molecule has 0 saturated carbocycles. The van der Waals surface area contributed by atoms with Crippen LogP contribution in [0.25, 0.3) is 0 Å². The third-order valence-electron chi connectivity index (χ3n) is 5.50. The molecule has 1 unspecified atom stereocenters. The molecule has 1 atom stereocenters. The summed E-state index contributed by atoms with van der Waals surface area (Å²) in [5.41, 5.74) is 2.21. The molecule has 4 rings (SSSR count). The average Bonchev–Trinajstić information content (AvgIpc) is 2.84. The van der Waals surface area contributed by atoms with Crippen LogP contribution in [0.5, 0.6) is 0 Å². The Hall–Kier alpha value is -3.21. The van der Waals surface area contributed by atoms with E-state index in [2.05, 4.69) is 15.3 Å². The lowest BCUT2D eigenvalue weighted by Gasteiger charge is -2.42. The summed E-state index contributed by atoms with van der Waals surface area (Å²) in [6.45, 7) is 1.02. The number of carbonyl (C=O) groups excluding carboxylic acids is 1. The van der Waals surface area contributed by atoms with Gasteiger partial charge >= 0.3 is 0 Å². The standard InChI is InChI=1S/C22H22FN5O3S/c23-18-7-4-8-19(13-18)32(31)28-11-9-22(10-12-28,17-5-2-1-3-6-17)26-21-24-14-16(15-25-21)20(29)27-30/h1-8,13-15,30H,9-12H2,(H,27,29)(H,24,25,26). The van der Waals surface area contributed by atoms with Crippen LogP contribution < -0.4 is 10.8 Å². The summed E-state index contributed by atoms with van der Waals surface area (Å²) in [7, 11) is -1.46. The average molecular weight is 456 g/mol. The zero-order valence-electron chi connectivity index (χ0n) is 17.1. The summed E-state index contributed by atoms with van der Waals surface area (Å²) in [5.74, 6) is -0.769. The first-order chi connectivity index (χ1) is 15.5. The minimum Gasteiger partial charge on any atom is -0.345 e. The maximum Gasteiger partial charge on any atom is 0.277 e. The molecule has 32 heavy (non-hydrogen) atoms. The summed E-state index contributed by atoms with van der Waals surface area (Å²) in [6, 6.07) is 15.7. The maximum atomic E-state index is 13.6. The lowest BCUT2D eigenvalue weighted by atomic mass is 9.81. The number of nitrogens with one attached hydrogen (secondary N) is 2. The molecule has 3 N–H and O–H groups in total. The third-order valence-corrected chi connectivity index (χ3v) is 6.99. The quantitative estimate of drug-likeness (QED) is 0.390. The molecule has 2 heterocycles. The zero-order valence-corrected chi connectivity index (χ0v) is 17.9. The number of hydroxylamine groups is 1. The van der Waals surface area contributed by atoms with Crippen molar-refractivity contribution in [3.05, 3.63) is 83.9 Å². The van der Waals surface area contributed by atoms with Crippen molar-refractivity contribution < 1.29 is 18.6 Å². The molecule has 8 nitrogen and oxygen atoms in total. The van der Waals surface area contributed by atoms with Crippen molar-refractivity contribution in [2.45, 2.75) is 23.3 Å². The Labute approximate surface area is 187 Å². The van der Waals surface area contributed by atoms with Crippen molar-refractivity contribution in [3.63, 3.8) is 0 Å². The van der Waals surface area contributed by atoms with E-state index in [-0.39, 0.29) is 5.56 Å². The summed E-state index contributed by atoms with van der Waals surface area (Å²) < 4.78 is 28.3. The van der Waals surface area contributed by atoms with Crippen LogP contribution in [0.4, 0.5) is 10.3 Å². The van der Waals surface area contributed by atoms with Crippen LogP contribution in [-0.4, -0.2) is 42.7 Å². The zero-order chi connectivity index (χ0) is 22.6. The SMILES string of the molecule is O=C(NO)c1cnc(NC2(c3ccccc3)CCN(S(=O)c3cccc(F)c3)CC2)nc1. The number of hydrogen-bond acceptors (Lipinski definition) is 6. The summed E-state index contributed by atoms with van der Waals surface area (Å²) in [6.07, 6.45) is 3.88. The Balaban J connectivity index is 1.55. The van der Waals surface area contributed by atoms with Gasteiger partial charge in [-0.15, -0.1) is 0 Å². The molecular formula is C22H22FN5O3S. The van der Waals surface area contributed by atoms with Crippen molar-refractivity contribution in [1.82, 2.24) is 19.8 Å². The van der Waals surface area contributed by atoms with E-state index in [1.54, 1.807) is 17.6 Å². The first-order valence-corrected chi connectivity index (χ1v) is 11.1. The number of piperidine rings is 1. The molecule has 10 heteroatoms. The number of carbonyl (C=O) groups is 1. The first-order valence-electron chi connectivity index (χ1n) is 10.0. The molecule has 166 valence electrons. The van der Waals surface area contributed by atoms with Gasteiger partial charge in [0.2, 0.25) is 5.95 Å². The third kappa shape index (κ3) is 4.67. The molecule has 0 aliphatic carbocycles. The largest absolute Gasteiger partial charge is 0.345 e. The van der Waals surface area contributed by atoms with Gasteiger partial charge in [0.05, 0.1) is 16.0 Å². The summed E-state index contributed by atoms with van der Waals surface area (Å²) in [4.78, 5) is 20.4. The number of anilines is 1. The lowest BCUT2D eigenvalue weighted by Crippen LogP contribution is -2.47. The predicted molar refractivity (Wildman–Crippen MR) is 117 cm³/mol. The van der Waals surface area contributed by atoms with Gasteiger partial charge in [-0.25, -0.2) is 28.4 Å². The van der Waals surface area contributed by atoms with Crippen molar-refractivity contribution in [2.24, 2.45) is 0 Å². The van der Waals surface area contributed by atoms with Crippen LogP contribution >= 0.6 is 0 Å². The van der Waals surface area contributed by atoms with Gasteiger partial charge in [-0.3, -0.25) is 10.0 Å². The van der Waals surface area contributed by atoms with Gasteiger partial charge in [0.15, 0.2) is 0 Å². The van der Waals surface area contributed by atoms with E-state index in [4.69, 9.17) is 5.21 Å². The van der Waals surface area contributed by atoms with Crippen LogP contribution in [0, 0.1) is 5.82 Å². The smallest absolute Gasteiger partial charge is 0.277 e. The van der Waals surface area contributed by atoms with E-state index in [1.165, 1.54) is 24.5 Å². The highest BCUT2D eigenvalue weighted by molar-refractivity contribution is 7.82. The van der Waals surface area contributed by atoms with Crippen molar-refractivity contribution in [1.29, 1.82) is 0 Å². The lowest BCUT2D eigenvalue weighted by molar-refractivity contribution is 0.0705. The molecule has 0 bridgehead atoms. The van der Waals surface area contributed by atoms with E-state index < -0.39 is 28.2 Å². The second-order valence-electron chi connectivity index (χ2n) is 7.44. The highest BCUT2D eigenvalue weighted by Gasteiger charge is 2.38. The highest BCUT2D eigenvalue weighted by Crippen LogP contribution is 2.36. The van der Waals surface area contributed by atoms with Gasteiger partial charge < -0.3 is 5.32 Å². The molecule has 1 fully saturated rings. The summed E-state index contributed by atoms with van der Waals surface area (Å²) in [5, 5.41) is 12.2. The van der Waals surface area contributed by atoms with Gasteiger partial charge in [0.25, 0.3) is 5.91 Å². The molecule has 1 saturated heterocycles. The first kappa shape index (κ1) is 22.0. The van der Waals surface area contributed by atoms with E-state index in [9.17, 15) is 13.4 Å². The summed E-state index contributed by atoms with van der Waals surface area (Å²) >= 11 is 0. The molecule has 0 spiro atoms. The fraction of sp³-hybridized carbons (Fsp3) is 0.227. The molecule has 1 aliphatic heterocycles. The monoisotopic (exact) mass is 455 g/mol. The van der Waals surface area contributed by atoms with Gasteiger partial charge in [0, 0.05) is 25.5 Å². The topological polar surface area (TPSA) is 107 Å². The molecular weight excluding hydrogens is 433 g/mol. The number of rotatable bonds is 6. The number of nitrogens with zero attached hydrogens (tertiary/aromatic N) is 3. The predicted octanol–water partition coefficient (Wildman–Crippen LogP) is 2.86. The van der Waals surface area contributed by atoms with Crippen molar-refractivity contribution in [2.75, 3.05) is 18.4 Å². The Kier molecular flexibility index (Phi) is 6.54. The van der Waals surface area contributed by atoms with Crippen LogP contribution in [0.1, 0.15) is 28.8 Å². The Morgan fingerprint density at radius 3 is 2.38 bits per heavy atom. The number of halogens is 1. The highest BCUT2D eigenvalue weighted by atomic mass is 32.2. The van der Waals surface area contributed by atoms with E-state index in [0.717, 1.165) is 5.56 Å². The molecule has 1 aliphatic rings. The van der Waals surface area contributed by atoms with Crippen molar-refractivity contribution in [3.8, 4) is 0 Å². The van der Waals surface area contributed by atoms with Gasteiger partial charge in [-0.05, 0) is 36.6 Å². The number of benzene rings is 2. The van der Waals surface area contributed by atoms with Crippen LogP contribution in [0.2, 0.25) is 0 Å². The van der Waals surface area contributed by atoms with E-state index in [0.29, 0.717) is 36.8 Å². The molecule has 3 aromatic rings. The van der Waals surface area contributed by atoms with Crippen LogP contribution in [0.15, 0.2) is 71.9 Å². The number of aromatic nitrogens is 2. The van der Waals surface area contributed by atoms with E-state index >= 15 is 0 Å².